The van der Waals surface area contributed by atoms with Crippen LogP contribution in [0.2, 0.25) is 0 Å². The third kappa shape index (κ3) is 2.77. The van der Waals surface area contributed by atoms with Crippen molar-refractivity contribution in [2.75, 3.05) is 23.7 Å². The first-order chi connectivity index (χ1) is 8.92. The second kappa shape index (κ2) is 5.13. The fraction of sp³-hybridized carbons (Fsp3) is 0.571. The number of benzene rings is 1. The lowest BCUT2D eigenvalue weighted by Crippen LogP contribution is -2.61. The Hall–Kier alpha value is -1.07. The first-order valence-electron chi connectivity index (χ1n) is 6.71. The van der Waals surface area contributed by atoms with E-state index in [1.165, 1.54) is 0 Å². The molecule has 1 aliphatic heterocycles. The van der Waals surface area contributed by atoms with Crippen LogP contribution in [-0.4, -0.2) is 38.0 Å². The second-order valence-corrected chi connectivity index (χ2v) is 7.30. The van der Waals surface area contributed by atoms with E-state index in [1.807, 2.05) is 30.9 Å². The Morgan fingerprint density at radius 1 is 1.26 bits per heavy atom. The Labute approximate surface area is 115 Å². The van der Waals surface area contributed by atoms with E-state index in [2.05, 4.69) is 0 Å². The zero-order valence-electron chi connectivity index (χ0n) is 11.5. The maximum atomic E-state index is 12.2. The lowest BCUT2D eigenvalue weighted by Gasteiger charge is -2.48. The SMILES string of the molecule is CCCS(=O)(=O)c1ccccc1N1CC(O)(CC)C1. The molecule has 1 saturated heterocycles. The van der Waals surface area contributed by atoms with Gasteiger partial charge in [0.15, 0.2) is 9.84 Å². The van der Waals surface area contributed by atoms with Gasteiger partial charge in [-0.3, -0.25) is 0 Å². The highest BCUT2D eigenvalue weighted by Gasteiger charge is 2.40. The Balaban J connectivity index is 2.29. The van der Waals surface area contributed by atoms with Crippen LogP contribution < -0.4 is 4.90 Å². The van der Waals surface area contributed by atoms with E-state index in [9.17, 15) is 13.5 Å². The van der Waals surface area contributed by atoms with Crippen molar-refractivity contribution in [2.45, 2.75) is 37.2 Å². The van der Waals surface area contributed by atoms with Gasteiger partial charge in [-0.2, -0.15) is 0 Å². The molecule has 0 aromatic heterocycles. The van der Waals surface area contributed by atoms with Gasteiger partial charge in [0.2, 0.25) is 0 Å². The van der Waals surface area contributed by atoms with Gasteiger partial charge in [0.05, 0.1) is 21.9 Å². The molecule has 0 saturated carbocycles. The van der Waals surface area contributed by atoms with E-state index in [4.69, 9.17) is 0 Å². The molecule has 1 N–H and O–H groups in total. The molecule has 0 atom stereocenters. The van der Waals surface area contributed by atoms with Crippen molar-refractivity contribution in [3.05, 3.63) is 24.3 Å². The lowest BCUT2D eigenvalue weighted by molar-refractivity contribution is 0.00823. The Bertz CT molecular complexity index is 548. The van der Waals surface area contributed by atoms with Gasteiger partial charge in [0, 0.05) is 13.1 Å². The smallest absolute Gasteiger partial charge is 0.180 e. The average molecular weight is 283 g/mol. The fourth-order valence-corrected chi connectivity index (χ4v) is 3.98. The van der Waals surface area contributed by atoms with Gasteiger partial charge < -0.3 is 10.0 Å². The highest BCUT2D eigenvalue weighted by Crippen LogP contribution is 2.34. The van der Waals surface area contributed by atoms with E-state index in [1.54, 1.807) is 12.1 Å². The topological polar surface area (TPSA) is 57.6 Å². The van der Waals surface area contributed by atoms with Crippen molar-refractivity contribution < 1.29 is 13.5 Å². The summed E-state index contributed by atoms with van der Waals surface area (Å²) in [6.07, 6.45) is 1.29. The Morgan fingerprint density at radius 3 is 2.47 bits per heavy atom. The molecule has 0 spiro atoms. The Morgan fingerprint density at radius 2 is 1.89 bits per heavy atom. The highest BCUT2D eigenvalue weighted by atomic mass is 32.2. The molecule has 1 fully saturated rings. The van der Waals surface area contributed by atoms with E-state index in [0.29, 0.717) is 36.5 Å². The zero-order chi connectivity index (χ0) is 14.1. The molecule has 0 radical (unpaired) electrons. The fourth-order valence-electron chi connectivity index (χ4n) is 2.42. The van der Waals surface area contributed by atoms with Crippen LogP contribution in [0.5, 0.6) is 0 Å². The van der Waals surface area contributed by atoms with Crippen LogP contribution >= 0.6 is 0 Å². The largest absolute Gasteiger partial charge is 0.386 e. The average Bonchev–Trinajstić information content (AvgIpc) is 2.35. The minimum Gasteiger partial charge on any atom is -0.386 e. The van der Waals surface area contributed by atoms with Crippen LogP contribution in [0.25, 0.3) is 0 Å². The molecular weight excluding hydrogens is 262 g/mol. The summed E-state index contributed by atoms with van der Waals surface area (Å²) in [5.74, 6) is 0.163. The van der Waals surface area contributed by atoms with Crippen LogP contribution in [0.1, 0.15) is 26.7 Å². The molecule has 1 aromatic carbocycles. The summed E-state index contributed by atoms with van der Waals surface area (Å²) in [6, 6.07) is 7.06. The molecule has 106 valence electrons. The third-order valence-corrected chi connectivity index (χ3v) is 5.60. The van der Waals surface area contributed by atoms with Crippen molar-refractivity contribution in [2.24, 2.45) is 0 Å². The van der Waals surface area contributed by atoms with Gasteiger partial charge in [-0.1, -0.05) is 26.0 Å². The van der Waals surface area contributed by atoms with Gasteiger partial charge in [-0.15, -0.1) is 0 Å². The monoisotopic (exact) mass is 283 g/mol. The molecule has 0 unspecified atom stereocenters. The van der Waals surface area contributed by atoms with Crippen molar-refractivity contribution in [3.63, 3.8) is 0 Å². The summed E-state index contributed by atoms with van der Waals surface area (Å²) in [5.41, 5.74) is 0.0517. The van der Waals surface area contributed by atoms with E-state index < -0.39 is 15.4 Å². The molecule has 0 aliphatic carbocycles. The number of aliphatic hydroxyl groups is 1. The molecular formula is C14H21NO3S. The number of anilines is 1. The minimum absolute atomic E-state index is 0.163. The maximum absolute atomic E-state index is 12.2. The van der Waals surface area contributed by atoms with Crippen molar-refractivity contribution >= 4 is 15.5 Å². The van der Waals surface area contributed by atoms with Crippen molar-refractivity contribution in [1.29, 1.82) is 0 Å². The summed E-state index contributed by atoms with van der Waals surface area (Å²) in [4.78, 5) is 2.32. The van der Waals surface area contributed by atoms with Crippen molar-refractivity contribution in [1.82, 2.24) is 0 Å². The van der Waals surface area contributed by atoms with Gasteiger partial charge in [-0.25, -0.2) is 8.42 Å². The molecule has 4 nitrogen and oxygen atoms in total. The maximum Gasteiger partial charge on any atom is 0.180 e. The van der Waals surface area contributed by atoms with E-state index in [0.717, 1.165) is 0 Å². The molecule has 0 amide bonds. The van der Waals surface area contributed by atoms with E-state index in [-0.39, 0.29) is 5.75 Å². The van der Waals surface area contributed by atoms with Gasteiger partial charge >= 0.3 is 0 Å². The molecule has 5 heteroatoms. The Kier molecular flexibility index (Phi) is 3.87. The molecule has 1 heterocycles. The third-order valence-electron chi connectivity index (χ3n) is 3.64. The summed E-state index contributed by atoms with van der Waals surface area (Å²) >= 11 is 0. The predicted molar refractivity (Wildman–Crippen MR) is 76.2 cm³/mol. The molecule has 1 aromatic rings. The molecule has 2 rings (SSSR count). The molecule has 0 bridgehead atoms. The normalized spacial score (nSPS) is 18.2. The minimum atomic E-state index is -3.23. The van der Waals surface area contributed by atoms with E-state index >= 15 is 0 Å². The van der Waals surface area contributed by atoms with Crippen LogP contribution in [0.15, 0.2) is 29.2 Å². The van der Waals surface area contributed by atoms with Crippen LogP contribution in [0.4, 0.5) is 5.69 Å². The van der Waals surface area contributed by atoms with Crippen molar-refractivity contribution in [3.8, 4) is 0 Å². The summed E-state index contributed by atoms with van der Waals surface area (Å²) in [6.45, 7) is 4.81. The number of hydrogen-bond acceptors (Lipinski definition) is 4. The predicted octanol–water partition coefficient (Wildman–Crippen LogP) is 1.83. The summed E-state index contributed by atoms with van der Waals surface area (Å²) < 4.78 is 24.5. The summed E-state index contributed by atoms with van der Waals surface area (Å²) in [5, 5.41) is 10.1. The van der Waals surface area contributed by atoms with Gasteiger partial charge in [-0.05, 0) is 25.0 Å². The molecule has 19 heavy (non-hydrogen) atoms. The number of β-amino-alcohol motifs (C(OH)–C–C–N with tert-alkyl or cyclic N) is 1. The number of nitrogens with zero attached hydrogens (tertiary/aromatic N) is 1. The highest BCUT2D eigenvalue weighted by molar-refractivity contribution is 7.91. The summed E-state index contributed by atoms with van der Waals surface area (Å²) in [7, 11) is -3.23. The van der Waals surface area contributed by atoms with Crippen LogP contribution in [0.3, 0.4) is 0 Å². The van der Waals surface area contributed by atoms with Gasteiger partial charge in [0.25, 0.3) is 0 Å². The van der Waals surface area contributed by atoms with Crippen LogP contribution in [-0.2, 0) is 9.84 Å². The lowest BCUT2D eigenvalue weighted by atomic mass is 9.91. The number of sulfone groups is 1. The first-order valence-corrected chi connectivity index (χ1v) is 8.36. The number of hydrogen-bond donors (Lipinski definition) is 1. The van der Waals surface area contributed by atoms with Crippen LogP contribution in [0, 0.1) is 0 Å². The zero-order valence-corrected chi connectivity index (χ0v) is 12.3. The second-order valence-electron chi connectivity index (χ2n) is 5.22. The first kappa shape index (κ1) is 14.3. The number of para-hydroxylation sites is 1. The van der Waals surface area contributed by atoms with Gasteiger partial charge in [0.1, 0.15) is 0 Å². The quantitative estimate of drug-likeness (QED) is 0.895. The number of rotatable bonds is 5. The standard InChI is InChI=1S/C14H21NO3S/c1-3-9-19(17,18)13-8-6-5-7-12(13)15-10-14(16,4-2)11-15/h5-8,16H,3-4,9-11H2,1-2H3. The molecule has 1 aliphatic rings.